The maximum atomic E-state index is 12.6. The van der Waals surface area contributed by atoms with Crippen molar-refractivity contribution >= 4 is 52.0 Å². The van der Waals surface area contributed by atoms with Gasteiger partial charge in [0.25, 0.3) is 5.91 Å². The van der Waals surface area contributed by atoms with Crippen LogP contribution < -0.4 is 5.32 Å². The molecule has 2 amide bonds. The highest BCUT2D eigenvalue weighted by atomic mass is 35.5. The first-order valence-electron chi connectivity index (χ1n) is 7.64. The summed E-state index contributed by atoms with van der Waals surface area (Å²) in [4.78, 5) is 26.8. The average molecular weight is 383 g/mol. The Morgan fingerprint density at radius 1 is 1.21 bits per heavy atom. The minimum atomic E-state index is -0.226. The van der Waals surface area contributed by atoms with E-state index in [1.807, 2.05) is 30.3 Å². The summed E-state index contributed by atoms with van der Waals surface area (Å²) >= 11 is 13.2. The SMILES string of the molecule is O=C(Nc1ccccc1)C1CCCN(C(=O)c2cc(Cl)sc2Cl)C1. The molecule has 1 aliphatic heterocycles. The van der Waals surface area contributed by atoms with Crippen LogP contribution in [0.1, 0.15) is 23.2 Å². The van der Waals surface area contributed by atoms with E-state index in [1.165, 1.54) is 11.3 Å². The van der Waals surface area contributed by atoms with E-state index in [1.54, 1.807) is 11.0 Å². The van der Waals surface area contributed by atoms with Crippen LogP contribution in [0.4, 0.5) is 5.69 Å². The number of nitrogens with one attached hydrogen (secondary N) is 1. The Balaban J connectivity index is 1.66. The van der Waals surface area contributed by atoms with Gasteiger partial charge in [-0.25, -0.2) is 0 Å². The van der Waals surface area contributed by atoms with Crippen molar-refractivity contribution in [3.63, 3.8) is 0 Å². The molecule has 3 rings (SSSR count). The Labute approximate surface area is 154 Å². The van der Waals surface area contributed by atoms with E-state index >= 15 is 0 Å². The van der Waals surface area contributed by atoms with Crippen molar-refractivity contribution in [1.82, 2.24) is 4.90 Å². The number of hydrogen-bond donors (Lipinski definition) is 1. The molecule has 0 spiro atoms. The van der Waals surface area contributed by atoms with Gasteiger partial charge in [0, 0.05) is 18.8 Å². The van der Waals surface area contributed by atoms with Crippen LogP contribution in [0.25, 0.3) is 0 Å². The molecule has 2 heterocycles. The third-order valence-electron chi connectivity index (χ3n) is 4.01. The predicted molar refractivity (Wildman–Crippen MR) is 98.0 cm³/mol. The Kier molecular flexibility index (Phi) is 5.43. The van der Waals surface area contributed by atoms with Crippen LogP contribution in [-0.2, 0) is 4.79 Å². The molecule has 1 aromatic carbocycles. The number of rotatable bonds is 3. The van der Waals surface area contributed by atoms with Crippen molar-refractivity contribution in [2.45, 2.75) is 12.8 Å². The average Bonchev–Trinajstić information content (AvgIpc) is 2.93. The Morgan fingerprint density at radius 2 is 1.96 bits per heavy atom. The molecule has 0 bridgehead atoms. The van der Waals surface area contributed by atoms with Gasteiger partial charge in [0.1, 0.15) is 4.34 Å². The van der Waals surface area contributed by atoms with Gasteiger partial charge < -0.3 is 10.2 Å². The summed E-state index contributed by atoms with van der Waals surface area (Å²) in [6.45, 7) is 1.01. The largest absolute Gasteiger partial charge is 0.338 e. The lowest BCUT2D eigenvalue weighted by molar-refractivity contribution is -0.121. The first-order valence-corrected chi connectivity index (χ1v) is 9.22. The van der Waals surface area contributed by atoms with Gasteiger partial charge in [0.2, 0.25) is 5.91 Å². The van der Waals surface area contributed by atoms with Crippen LogP contribution in [0.5, 0.6) is 0 Å². The number of nitrogens with zero attached hydrogens (tertiary/aromatic N) is 1. The smallest absolute Gasteiger partial charge is 0.256 e. The topological polar surface area (TPSA) is 49.4 Å². The minimum Gasteiger partial charge on any atom is -0.338 e. The van der Waals surface area contributed by atoms with Crippen molar-refractivity contribution in [2.75, 3.05) is 18.4 Å². The number of thiophene rings is 1. The molecule has 24 heavy (non-hydrogen) atoms. The van der Waals surface area contributed by atoms with Gasteiger partial charge in [-0.3, -0.25) is 9.59 Å². The molecule has 0 saturated carbocycles. The highest BCUT2D eigenvalue weighted by Gasteiger charge is 2.30. The highest BCUT2D eigenvalue weighted by molar-refractivity contribution is 7.20. The quantitative estimate of drug-likeness (QED) is 0.846. The molecule has 1 atom stereocenters. The summed E-state index contributed by atoms with van der Waals surface area (Å²) in [5, 5.41) is 2.90. The van der Waals surface area contributed by atoms with Gasteiger partial charge in [-0.05, 0) is 31.0 Å². The number of halogens is 2. The summed E-state index contributed by atoms with van der Waals surface area (Å²) in [5.74, 6) is -0.454. The molecule has 1 N–H and O–H groups in total. The molecule has 1 fully saturated rings. The normalized spacial score (nSPS) is 17.6. The minimum absolute atomic E-state index is 0.0619. The Morgan fingerprint density at radius 3 is 2.62 bits per heavy atom. The Bertz CT molecular complexity index is 748. The second kappa shape index (κ2) is 7.55. The lowest BCUT2D eigenvalue weighted by Gasteiger charge is -2.32. The first kappa shape index (κ1) is 17.3. The van der Waals surface area contributed by atoms with E-state index in [0.717, 1.165) is 18.5 Å². The molecular weight excluding hydrogens is 367 g/mol. The molecule has 4 nitrogen and oxygen atoms in total. The summed E-state index contributed by atoms with van der Waals surface area (Å²) in [6.07, 6.45) is 1.55. The van der Waals surface area contributed by atoms with Gasteiger partial charge in [0.15, 0.2) is 0 Å². The number of likely N-dealkylation sites (tertiary alicyclic amines) is 1. The third kappa shape index (κ3) is 3.91. The van der Waals surface area contributed by atoms with E-state index in [0.29, 0.717) is 27.3 Å². The number of piperidine rings is 1. The first-order chi connectivity index (χ1) is 11.5. The van der Waals surface area contributed by atoms with Crippen LogP contribution in [-0.4, -0.2) is 29.8 Å². The molecule has 1 saturated heterocycles. The third-order valence-corrected chi connectivity index (χ3v) is 5.50. The summed E-state index contributed by atoms with van der Waals surface area (Å²) in [7, 11) is 0. The van der Waals surface area contributed by atoms with Crippen molar-refractivity contribution in [3.8, 4) is 0 Å². The number of anilines is 1. The zero-order chi connectivity index (χ0) is 17.1. The summed E-state index contributed by atoms with van der Waals surface area (Å²) < 4.78 is 0.875. The van der Waals surface area contributed by atoms with Gasteiger partial charge in [-0.2, -0.15) is 0 Å². The molecule has 7 heteroatoms. The number of hydrogen-bond acceptors (Lipinski definition) is 3. The second-order valence-electron chi connectivity index (χ2n) is 5.68. The maximum absolute atomic E-state index is 12.6. The maximum Gasteiger partial charge on any atom is 0.256 e. The molecule has 0 radical (unpaired) electrons. The lowest BCUT2D eigenvalue weighted by Crippen LogP contribution is -2.43. The fourth-order valence-corrected chi connectivity index (χ4v) is 4.25. The summed E-state index contributed by atoms with van der Waals surface area (Å²) in [6, 6.07) is 10.9. The second-order valence-corrected chi connectivity index (χ2v) is 7.97. The van der Waals surface area contributed by atoms with Crippen molar-refractivity contribution < 1.29 is 9.59 Å². The highest BCUT2D eigenvalue weighted by Crippen LogP contribution is 2.32. The number of para-hydroxylation sites is 1. The lowest BCUT2D eigenvalue weighted by atomic mass is 9.96. The molecule has 1 aromatic heterocycles. The Hall–Kier alpha value is -1.56. The standard InChI is InChI=1S/C17H16Cl2N2O2S/c18-14-9-13(15(19)24-14)17(23)21-8-4-5-11(10-21)16(22)20-12-6-2-1-3-7-12/h1-3,6-7,9,11H,4-5,8,10H2,(H,20,22). The van der Waals surface area contributed by atoms with Crippen molar-refractivity contribution in [1.29, 1.82) is 0 Å². The van der Waals surface area contributed by atoms with E-state index < -0.39 is 0 Å². The monoisotopic (exact) mass is 382 g/mol. The fourth-order valence-electron chi connectivity index (χ4n) is 2.80. The van der Waals surface area contributed by atoms with Crippen LogP contribution >= 0.6 is 34.5 Å². The summed E-state index contributed by atoms with van der Waals surface area (Å²) in [5.41, 5.74) is 1.18. The number of benzene rings is 1. The molecule has 126 valence electrons. The van der Waals surface area contributed by atoms with Gasteiger partial charge in [-0.15, -0.1) is 11.3 Å². The van der Waals surface area contributed by atoms with E-state index in [9.17, 15) is 9.59 Å². The van der Waals surface area contributed by atoms with Crippen molar-refractivity contribution in [2.24, 2.45) is 5.92 Å². The van der Waals surface area contributed by atoms with Gasteiger partial charge >= 0.3 is 0 Å². The van der Waals surface area contributed by atoms with E-state index in [4.69, 9.17) is 23.2 Å². The van der Waals surface area contributed by atoms with Crippen molar-refractivity contribution in [3.05, 3.63) is 50.6 Å². The predicted octanol–water partition coefficient (Wildman–Crippen LogP) is 4.55. The zero-order valence-electron chi connectivity index (χ0n) is 12.8. The molecule has 1 unspecified atom stereocenters. The van der Waals surface area contributed by atoms with Crippen LogP contribution in [0.15, 0.2) is 36.4 Å². The van der Waals surface area contributed by atoms with E-state index in [-0.39, 0.29) is 17.7 Å². The molecule has 2 aromatic rings. The van der Waals surface area contributed by atoms with Gasteiger partial charge in [0.05, 0.1) is 15.8 Å². The van der Waals surface area contributed by atoms with Gasteiger partial charge in [-0.1, -0.05) is 41.4 Å². The van der Waals surface area contributed by atoms with Crippen LogP contribution in [0.3, 0.4) is 0 Å². The zero-order valence-corrected chi connectivity index (χ0v) is 15.1. The van der Waals surface area contributed by atoms with Crippen LogP contribution in [0, 0.1) is 5.92 Å². The van der Waals surface area contributed by atoms with Crippen LogP contribution in [0.2, 0.25) is 8.67 Å². The number of carbonyl (C=O) groups excluding carboxylic acids is 2. The van der Waals surface area contributed by atoms with E-state index in [2.05, 4.69) is 5.32 Å². The number of amides is 2. The number of carbonyl (C=O) groups is 2. The fraction of sp³-hybridized carbons (Fsp3) is 0.294. The molecule has 0 aliphatic carbocycles. The molecular formula is C17H16Cl2N2O2S. The molecule has 1 aliphatic rings.